The first-order chi connectivity index (χ1) is 7.20. The first kappa shape index (κ1) is 10.5. The summed E-state index contributed by atoms with van der Waals surface area (Å²) < 4.78 is 5.45. The number of carbonyl (C=O) groups is 1. The van der Waals surface area contributed by atoms with Crippen LogP contribution in [0.5, 0.6) is 0 Å². The predicted octanol–water partition coefficient (Wildman–Crippen LogP) is 1.25. The first-order valence-electron chi connectivity index (χ1n) is 5.72. The van der Waals surface area contributed by atoms with E-state index >= 15 is 0 Å². The number of ether oxygens (including phenoxy) is 1. The van der Waals surface area contributed by atoms with Gasteiger partial charge >= 0.3 is 0 Å². The SMILES string of the molecule is CCCC1N=C(C)OC1C(=O)NC1CC1. The molecule has 0 aromatic rings. The molecular formula is C11H18N2O2. The average molecular weight is 210 g/mol. The molecule has 0 spiro atoms. The van der Waals surface area contributed by atoms with Crippen molar-refractivity contribution in [1.82, 2.24) is 5.32 Å². The highest BCUT2D eigenvalue weighted by Gasteiger charge is 2.37. The highest BCUT2D eigenvalue weighted by molar-refractivity contribution is 5.88. The van der Waals surface area contributed by atoms with Gasteiger partial charge in [-0.3, -0.25) is 4.79 Å². The van der Waals surface area contributed by atoms with Crippen LogP contribution < -0.4 is 5.32 Å². The summed E-state index contributed by atoms with van der Waals surface area (Å²) in [6, 6.07) is 0.415. The van der Waals surface area contributed by atoms with Gasteiger partial charge in [0.2, 0.25) is 6.10 Å². The van der Waals surface area contributed by atoms with E-state index in [-0.39, 0.29) is 18.1 Å². The highest BCUT2D eigenvalue weighted by Crippen LogP contribution is 2.22. The Morgan fingerprint density at radius 3 is 2.93 bits per heavy atom. The van der Waals surface area contributed by atoms with Crippen molar-refractivity contribution in [3.8, 4) is 0 Å². The molecule has 84 valence electrons. The second-order valence-electron chi connectivity index (χ2n) is 4.33. The number of aliphatic imine (C=N–C) groups is 1. The average Bonchev–Trinajstić information content (AvgIpc) is 2.90. The molecule has 1 aliphatic carbocycles. The zero-order chi connectivity index (χ0) is 10.8. The number of rotatable bonds is 4. The zero-order valence-corrected chi connectivity index (χ0v) is 9.32. The molecule has 1 fully saturated rings. The monoisotopic (exact) mass is 210 g/mol. The Kier molecular flexibility index (Phi) is 2.93. The van der Waals surface area contributed by atoms with Crippen LogP contribution in [0.4, 0.5) is 0 Å². The van der Waals surface area contributed by atoms with Crippen molar-refractivity contribution in [2.24, 2.45) is 4.99 Å². The normalized spacial score (nSPS) is 29.6. The first-order valence-corrected chi connectivity index (χ1v) is 5.72. The van der Waals surface area contributed by atoms with Gasteiger partial charge in [0.15, 0.2) is 5.90 Å². The molecule has 1 amide bonds. The van der Waals surface area contributed by atoms with Gasteiger partial charge in [-0.15, -0.1) is 0 Å². The Bertz CT molecular complexity index is 284. The van der Waals surface area contributed by atoms with Crippen molar-refractivity contribution in [3.63, 3.8) is 0 Å². The summed E-state index contributed by atoms with van der Waals surface area (Å²) in [5.41, 5.74) is 0. The zero-order valence-electron chi connectivity index (χ0n) is 9.32. The third kappa shape index (κ3) is 2.49. The number of nitrogens with zero attached hydrogens (tertiary/aromatic N) is 1. The van der Waals surface area contributed by atoms with Crippen molar-refractivity contribution in [1.29, 1.82) is 0 Å². The van der Waals surface area contributed by atoms with E-state index in [2.05, 4.69) is 17.2 Å². The van der Waals surface area contributed by atoms with Crippen LogP contribution in [0.25, 0.3) is 0 Å². The standard InChI is InChI=1S/C11H18N2O2/c1-3-4-9-10(15-7(2)12-9)11(14)13-8-5-6-8/h8-10H,3-6H2,1-2H3,(H,13,14). The van der Waals surface area contributed by atoms with E-state index in [4.69, 9.17) is 4.74 Å². The maximum absolute atomic E-state index is 11.8. The molecule has 0 radical (unpaired) electrons. The van der Waals surface area contributed by atoms with Gasteiger partial charge in [0, 0.05) is 13.0 Å². The summed E-state index contributed by atoms with van der Waals surface area (Å²) in [7, 11) is 0. The van der Waals surface area contributed by atoms with E-state index in [1.165, 1.54) is 0 Å². The number of nitrogens with one attached hydrogen (secondary N) is 1. The summed E-state index contributed by atoms with van der Waals surface area (Å²) in [6.45, 7) is 3.91. The number of amides is 1. The maximum atomic E-state index is 11.8. The Labute approximate surface area is 90.1 Å². The van der Waals surface area contributed by atoms with Gasteiger partial charge in [-0.2, -0.15) is 0 Å². The molecule has 4 nitrogen and oxygen atoms in total. The van der Waals surface area contributed by atoms with Gasteiger partial charge in [-0.1, -0.05) is 13.3 Å². The lowest BCUT2D eigenvalue weighted by Crippen LogP contribution is -2.41. The predicted molar refractivity (Wildman–Crippen MR) is 57.8 cm³/mol. The fraction of sp³-hybridized carbons (Fsp3) is 0.818. The maximum Gasteiger partial charge on any atom is 0.263 e. The van der Waals surface area contributed by atoms with Gasteiger partial charge < -0.3 is 10.1 Å². The minimum atomic E-state index is -0.384. The molecular weight excluding hydrogens is 192 g/mol. The second kappa shape index (κ2) is 4.21. The molecule has 1 aliphatic heterocycles. The van der Waals surface area contributed by atoms with Crippen LogP contribution in [0.3, 0.4) is 0 Å². The van der Waals surface area contributed by atoms with Crippen LogP contribution in [-0.4, -0.2) is 30.0 Å². The summed E-state index contributed by atoms with van der Waals surface area (Å²) in [5, 5.41) is 2.97. The summed E-state index contributed by atoms with van der Waals surface area (Å²) in [5.74, 6) is 0.654. The lowest BCUT2D eigenvalue weighted by molar-refractivity contribution is -0.128. The molecule has 0 aromatic carbocycles. The molecule has 2 aliphatic rings. The Morgan fingerprint density at radius 1 is 1.60 bits per heavy atom. The molecule has 2 unspecified atom stereocenters. The molecule has 1 N–H and O–H groups in total. The molecule has 2 rings (SSSR count). The molecule has 0 bridgehead atoms. The van der Waals surface area contributed by atoms with Crippen molar-refractivity contribution in [2.75, 3.05) is 0 Å². The number of carbonyl (C=O) groups excluding carboxylic acids is 1. The van der Waals surface area contributed by atoms with Crippen molar-refractivity contribution in [3.05, 3.63) is 0 Å². The largest absolute Gasteiger partial charge is 0.466 e. The lowest BCUT2D eigenvalue weighted by atomic mass is 10.1. The fourth-order valence-electron chi connectivity index (χ4n) is 1.84. The minimum Gasteiger partial charge on any atom is -0.466 e. The quantitative estimate of drug-likeness (QED) is 0.759. The lowest BCUT2D eigenvalue weighted by Gasteiger charge is -2.16. The van der Waals surface area contributed by atoms with Crippen molar-refractivity contribution in [2.45, 2.75) is 57.7 Å². The van der Waals surface area contributed by atoms with E-state index < -0.39 is 0 Å². The molecule has 1 heterocycles. The van der Waals surface area contributed by atoms with E-state index in [9.17, 15) is 4.79 Å². The third-order valence-electron chi connectivity index (χ3n) is 2.76. The van der Waals surface area contributed by atoms with E-state index in [0.717, 1.165) is 25.7 Å². The van der Waals surface area contributed by atoms with E-state index in [1.807, 2.05) is 6.92 Å². The van der Waals surface area contributed by atoms with E-state index in [0.29, 0.717) is 11.9 Å². The molecule has 0 aromatic heterocycles. The van der Waals surface area contributed by atoms with Crippen molar-refractivity contribution < 1.29 is 9.53 Å². The summed E-state index contributed by atoms with van der Waals surface area (Å²) in [4.78, 5) is 16.2. The molecule has 4 heteroatoms. The van der Waals surface area contributed by atoms with Gasteiger partial charge in [0.25, 0.3) is 5.91 Å². The minimum absolute atomic E-state index is 0.0107. The summed E-state index contributed by atoms with van der Waals surface area (Å²) in [6.07, 6.45) is 3.77. The molecule has 0 saturated heterocycles. The van der Waals surface area contributed by atoms with Crippen molar-refractivity contribution >= 4 is 11.8 Å². The van der Waals surface area contributed by atoms with Crippen LogP contribution in [-0.2, 0) is 9.53 Å². The Hall–Kier alpha value is -1.06. The number of hydrogen-bond donors (Lipinski definition) is 1. The van der Waals surface area contributed by atoms with Crippen LogP contribution in [0.15, 0.2) is 4.99 Å². The second-order valence-corrected chi connectivity index (χ2v) is 4.33. The van der Waals surface area contributed by atoms with Gasteiger partial charge in [-0.25, -0.2) is 4.99 Å². The molecule has 15 heavy (non-hydrogen) atoms. The fourth-order valence-corrected chi connectivity index (χ4v) is 1.84. The van der Waals surface area contributed by atoms with Crippen LogP contribution in [0.2, 0.25) is 0 Å². The number of hydrogen-bond acceptors (Lipinski definition) is 3. The third-order valence-corrected chi connectivity index (χ3v) is 2.76. The van der Waals surface area contributed by atoms with Crippen LogP contribution in [0, 0.1) is 0 Å². The van der Waals surface area contributed by atoms with Gasteiger partial charge in [0.1, 0.15) is 0 Å². The molecule has 2 atom stereocenters. The van der Waals surface area contributed by atoms with Gasteiger partial charge in [0.05, 0.1) is 6.04 Å². The van der Waals surface area contributed by atoms with Crippen LogP contribution >= 0.6 is 0 Å². The Morgan fingerprint density at radius 2 is 2.33 bits per heavy atom. The van der Waals surface area contributed by atoms with Crippen LogP contribution in [0.1, 0.15) is 39.5 Å². The smallest absolute Gasteiger partial charge is 0.263 e. The van der Waals surface area contributed by atoms with E-state index in [1.54, 1.807) is 0 Å². The highest BCUT2D eigenvalue weighted by atomic mass is 16.5. The summed E-state index contributed by atoms with van der Waals surface area (Å²) >= 11 is 0. The molecule has 1 saturated carbocycles. The Balaban J connectivity index is 1.92. The topological polar surface area (TPSA) is 50.7 Å². The van der Waals surface area contributed by atoms with Gasteiger partial charge in [-0.05, 0) is 19.3 Å².